The van der Waals surface area contributed by atoms with E-state index in [-0.39, 0.29) is 47.3 Å². The van der Waals surface area contributed by atoms with Crippen molar-refractivity contribution >= 4 is 23.8 Å². The molecule has 1 amide bonds. The quantitative estimate of drug-likeness (QED) is 0.0356. The van der Waals surface area contributed by atoms with E-state index >= 15 is 0 Å². The van der Waals surface area contributed by atoms with Crippen LogP contribution >= 0.6 is 0 Å². The van der Waals surface area contributed by atoms with Gasteiger partial charge in [0.1, 0.15) is 12.2 Å². The molecular weight excluding hydrogens is 895 g/mol. The third-order valence-electron chi connectivity index (χ3n) is 19.0. The Morgan fingerprint density at radius 2 is 1.04 bits per heavy atom. The molecule has 4 aliphatic rings. The topological polar surface area (TPSA) is 119 Å². The highest BCUT2D eigenvalue weighted by Gasteiger charge is 2.64. The zero-order valence-corrected chi connectivity index (χ0v) is 47.3. The standard InChI is InChI=1S/C64H111NO7/c1-6-8-10-12-14-16-18-20-22-24-26-28-30-32-34-38-60(69)71-53-44-46-63(4)52(49-53)50-57(72-61(70)39-35-33-31-29-27-25-23-21-19-17-15-13-11-9-7-2)62-55-42-41-54(64(55,5)47-45-56(62)63)51(3)40-43-58(66)65-48-36-37-59(67)68/h20-23,51-57,62H,6-19,24-50H2,1-5H3,(H,65,66)(H,67,68)/b22-20+,23-21+/t51-,52?,53-,54-,55+,56+,57-,62+,63+,64-/m1/s1. The highest BCUT2D eigenvalue weighted by atomic mass is 16.5. The van der Waals surface area contributed by atoms with E-state index in [2.05, 4.69) is 64.2 Å². The Labute approximate surface area is 442 Å². The number of carboxylic acids is 1. The van der Waals surface area contributed by atoms with Gasteiger partial charge in [0.05, 0.1) is 0 Å². The normalized spacial score (nSPS) is 27.3. The lowest BCUT2D eigenvalue weighted by Gasteiger charge is -2.62. The number of allylic oxidation sites excluding steroid dienone is 4. The molecule has 8 heteroatoms. The van der Waals surface area contributed by atoms with E-state index in [9.17, 15) is 19.2 Å². The van der Waals surface area contributed by atoms with Gasteiger partial charge in [-0.25, -0.2) is 0 Å². The van der Waals surface area contributed by atoms with Crippen LogP contribution in [0.4, 0.5) is 0 Å². The Morgan fingerprint density at radius 3 is 1.58 bits per heavy atom. The maximum Gasteiger partial charge on any atom is 0.306 e. The second-order valence-electron chi connectivity index (χ2n) is 24.4. The summed E-state index contributed by atoms with van der Waals surface area (Å²) in [7, 11) is 0. The number of carboxylic acid groups (broad SMARTS) is 1. The number of rotatable bonds is 40. The van der Waals surface area contributed by atoms with Gasteiger partial charge in [0.2, 0.25) is 5.91 Å². The number of unbranched alkanes of at least 4 members (excludes halogenated alkanes) is 22. The summed E-state index contributed by atoms with van der Waals surface area (Å²) in [5.74, 6) is 1.68. The van der Waals surface area contributed by atoms with Crippen molar-refractivity contribution in [3.05, 3.63) is 24.3 Å². The molecule has 0 heterocycles. The number of nitrogens with one attached hydrogen (secondary N) is 1. The predicted molar refractivity (Wildman–Crippen MR) is 298 cm³/mol. The lowest BCUT2D eigenvalue weighted by molar-refractivity contribution is -0.198. The molecule has 2 N–H and O–H groups in total. The summed E-state index contributed by atoms with van der Waals surface area (Å²) < 4.78 is 13.1. The summed E-state index contributed by atoms with van der Waals surface area (Å²) in [5.41, 5.74) is 0.264. The minimum Gasteiger partial charge on any atom is -0.481 e. The van der Waals surface area contributed by atoms with Gasteiger partial charge < -0.3 is 19.9 Å². The van der Waals surface area contributed by atoms with Crippen molar-refractivity contribution in [1.82, 2.24) is 5.32 Å². The number of carbonyl (C=O) groups is 4. The molecule has 0 saturated heterocycles. The smallest absolute Gasteiger partial charge is 0.306 e. The lowest BCUT2D eigenvalue weighted by atomic mass is 9.43. The van der Waals surface area contributed by atoms with Crippen LogP contribution in [0.25, 0.3) is 0 Å². The highest BCUT2D eigenvalue weighted by molar-refractivity contribution is 5.76. The van der Waals surface area contributed by atoms with E-state index in [0.717, 1.165) is 89.9 Å². The molecule has 0 aromatic carbocycles. The number of hydrogen-bond donors (Lipinski definition) is 2. The second-order valence-corrected chi connectivity index (χ2v) is 24.4. The summed E-state index contributed by atoms with van der Waals surface area (Å²) in [4.78, 5) is 50.9. The molecular formula is C64H111NO7. The lowest BCUT2D eigenvalue weighted by Crippen LogP contribution is -2.59. The van der Waals surface area contributed by atoms with Gasteiger partial charge in [-0.1, -0.05) is 162 Å². The van der Waals surface area contributed by atoms with Crippen molar-refractivity contribution in [1.29, 1.82) is 0 Å². The fraction of sp³-hybridized carbons (Fsp3) is 0.875. The summed E-state index contributed by atoms with van der Waals surface area (Å²) in [6.07, 6.45) is 52.7. The Hall–Kier alpha value is -2.64. The highest BCUT2D eigenvalue weighted by Crippen LogP contribution is 2.69. The summed E-state index contributed by atoms with van der Waals surface area (Å²) in [6, 6.07) is 0. The van der Waals surface area contributed by atoms with Gasteiger partial charge in [0, 0.05) is 38.1 Å². The van der Waals surface area contributed by atoms with E-state index in [1.165, 1.54) is 135 Å². The summed E-state index contributed by atoms with van der Waals surface area (Å²) in [6.45, 7) is 12.4. The average Bonchev–Trinajstić information content (AvgIpc) is 3.72. The van der Waals surface area contributed by atoms with E-state index in [0.29, 0.717) is 67.7 Å². The van der Waals surface area contributed by atoms with Gasteiger partial charge in [-0.05, 0) is 169 Å². The van der Waals surface area contributed by atoms with Crippen molar-refractivity contribution in [2.24, 2.45) is 46.3 Å². The van der Waals surface area contributed by atoms with Crippen molar-refractivity contribution in [3.8, 4) is 0 Å². The molecule has 0 aliphatic heterocycles. The average molecular weight is 1010 g/mol. The predicted octanol–water partition coefficient (Wildman–Crippen LogP) is 17.6. The van der Waals surface area contributed by atoms with Crippen LogP contribution in [0, 0.1) is 46.3 Å². The summed E-state index contributed by atoms with van der Waals surface area (Å²) >= 11 is 0. The zero-order valence-electron chi connectivity index (χ0n) is 47.3. The van der Waals surface area contributed by atoms with Crippen LogP contribution in [-0.2, 0) is 28.7 Å². The van der Waals surface area contributed by atoms with Gasteiger partial charge >= 0.3 is 17.9 Å². The van der Waals surface area contributed by atoms with Crippen LogP contribution in [0.3, 0.4) is 0 Å². The third-order valence-corrected chi connectivity index (χ3v) is 19.0. The maximum atomic E-state index is 13.9. The van der Waals surface area contributed by atoms with Gasteiger partial charge in [-0.2, -0.15) is 0 Å². The molecule has 0 aromatic rings. The Morgan fingerprint density at radius 1 is 0.556 bits per heavy atom. The Kier molecular flexibility index (Phi) is 30.6. The van der Waals surface area contributed by atoms with Gasteiger partial charge in [-0.3, -0.25) is 19.2 Å². The Balaban J connectivity index is 1.26. The van der Waals surface area contributed by atoms with Gasteiger partial charge in [0.25, 0.3) is 0 Å². The van der Waals surface area contributed by atoms with E-state index in [1.54, 1.807) is 0 Å². The van der Waals surface area contributed by atoms with E-state index in [1.807, 2.05) is 0 Å². The van der Waals surface area contributed by atoms with E-state index < -0.39 is 5.97 Å². The van der Waals surface area contributed by atoms with Crippen molar-refractivity contribution in [2.75, 3.05) is 6.54 Å². The van der Waals surface area contributed by atoms with Gasteiger partial charge in [-0.15, -0.1) is 0 Å². The number of hydrogen-bond acceptors (Lipinski definition) is 6. The minimum absolute atomic E-state index is 0.0180. The first kappa shape index (κ1) is 61.9. The van der Waals surface area contributed by atoms with Crippen LogP contribution in [-0.4, -0.2) is 47.7 Å². The van der Waals surface area contributed by atoms with Crippen LogP contribution in [0.2, 0.25) is 0 Å². The van der Waals surface area contributed by atoms with Crippen LogP contribution < -0.4 is 5.32 Å². The number of esters is 2. The number of ether oxygens (including phenoxy) is 2. The molecule has 0 aromatic heterocycles. The molecule has 8 nitrogen and oxygen atoms in total. The molecule has 4 fully saturated rings. The summed E-state index contributed by atoms with van der Waals surface area (Å²) in [5, 5.41) is 11.9. The Bertz CT molecular complexity index is 1570. The SMILES string of the molecule is CCCCCCCC/C=C/CCCCCCCC(=O)O[C@@H]1CC[C@@]2(C)C(C1)C[C@@H](OC(=O)CCCCCCC/C=C/CCCCCCCC)[C@H]1[C@@H]3CC[C@H]([C@H](C)CCC(=O)NCCCC(=O)O)[C@@]3(C)CC[C@@H]12. The molecule has 4 aliphatic carbocycles. The van der Waals surface area contributed by atoms with Crippen molar-refractivity contribution in [3.63, 3.8) is 0 Å². The molecule has 10 atom stereocenters. The molecule has 0 radical (unpaired) electrons. The number of carbonyl (C=O) groups excluding carboxylic acids is 3. The fourth-order valence-corrected chi connectivity index (χ4v) is 14.6. The number of aliphatic carboxylic acids is 1. The molecule has 0 bridgehead atoms. The monoisotopic (exact) mass is 1010 g/mol. The molecule has 414 valence electrons. The first-order chi connectivity index (χ1) is 34.9. The minimum atomic E-state index is -0.831. The first-order valence-corrected chi connectivity index (χ1v) is 31.1. The van der Waals surface area contributed by atoms with Crippen LogP contribution in [0.5, 0.6) is 0 Å². The molecule has 72 heavy (non-hydrogen) atoms. The third kappa shape index (κ3) is 21.9. The molecule has 4 saturated carbocycles. The zero-order chi connectivity index (χ0) is 51.9. The van der Waals surface area contributed by atoms with Gasteiger partial charge in [0.15, 0.2) is 0 Å². The fourth-order valence-electron chi connectivity index (χ4n) is 14.6. The second kappa shape index (κ2) is 35.6. The first-order valence-electron chi connectivity index (χ1n) is 31.1. The maximum absolute atomic E-state index is 13.9. The van der Waals surface area contributed by atoms with Crippen LogP contribution in [0.15, 0.2) is 24.3 Å². The van der Waals surface area contributed by atoms with E-state index in [4.69, 9.17) is 14.6 Å². The molecule has 4 rings (SSSR count). The molecule has 0 spiro atoms. The number of amides is 1. The largest absolute Gasteiger partial charge is 0.481 e. The van der Waals surface area contributed by atoms with Crippen LogP contribution in [0.1, 0.15) is 291 Å². The van der Waals surface area contributed by atoms with Crippen molar-refractivity contribution in [2.45, 2.75) is 304 Å². The molecule has 1 unspecified atom stereocenters. The number of fused-ring (bicyclic) bond motifs is 5. The van der Waals surface area contributed by atoms with Crippen molar-refractivity contribution < 1.29 is 33.8 Å².